The van der Waals surface area contributed by atoms with Crippen molar-refractivity contribution in [3.05, 3.63) is 0 Å². The van der Waals surface area contributed by atoms with Crippen LogP contribution in [-0.2, 0) is 4.74 Å². The minimum absolute atomic E-state index is 0.161. The molecule has 0 aromatic carbocycles. The number of carbonyl (C=O) groups excluding carboxylic acids is 2. The van der Waals surface area contributed by atoms with E-state index in [1.54, 1.807) is 33.5 Å². The Balaban J connectivity index is 4.55. The zero-order chi connectivity index (χ0) is 10.6. The van der Waals surface area contributed by atoms with Crippen molar-refractivity contribution < 1.29 is 14.3 Å². The van der Waals surface area contributed by atoms with Gasteiger partial charge in [0.05, 0.1) is 6.61 Å². The van der Waals surface area contributed by atoms with Crippen LogP contribution in [0.25, 0.3) is 0 Å². The van der Waals surface area contributed by atoms with Crippen LogP contribution in [0.5, 0.6) is 0 Å². The monoisotopic (exact) mass is 207 g/mol. The second kappa shape index (κ2) is 4.50. The van der Waals surface area contributed by atoms with Crippen molar-refractivity contribution >= 4 is 20.6 Å². The summed E-state index contributed by atoms with van der Waals surface area (Å²) in [7, 11) is 1.30. The zero-order valence-corrected chi connectivity index (χ0v) is 9.60. The summed E-state index contributed by atoms with van der Waals surface area (Å²) in [5.41, 5.74) is 0. The number of carbonyl (C=O) groups is 2. The van der Waals surface area contributed by atoms with E-state index < -0.39 is 15.3 Å². The van der Waals surface area contributed by atoms with Gasteiger partial charge in [0, 0.05) is 14.1 Å². The zero-order valence-electron chi connectivity index (χ0n) is 8.79. The maximum absolute atomic E-state index is 11.5. The van der Waals surface area contributed by atoms with Gasteiger partial charge in [-0.25, -0.2) is 4.79 Å². The number of ether oxygens (including phenoxy) is 1. The molecular formula is C8H17NO3S. The lowest BCUT2D eigenvalue weighted by atomic mass is 10.9. The molecule has 0 fully saturated rings. The van der Waals surface area contributed by atoms with Crippen molar-refractivity contribution in [2.24, 2.45) is 0 Å². The predicted molar refractivity (Wildman–Crippen MR) is 55.5 cm³/mol. The second-order valence-electron chi connectivity index (χ2n) is 3.17. The minimum atomic E-state index is -1.97. The summed E-state index contributed by atoms with van der Waals surface area (Å²) in [5, 5.41) is -0.556. The third-order valence-electron chi connectivity index (χ3n) is 1.48. The number of amides is 1. The highest BCUT2D eigenvalue weighted by Crippen LogP contribution is 2.43. The molecule has 4 nitrogen and oxygen atoms in total. The van der Waals surface area contributed by atoms with Gasteiger partial charge < -0.3 is 9.64 Å². The maximum atomic E-state index is 11.5. The van der Waals surface area contributed by atoms with Crippen molar-refractivity contribution in [1.29, 1.82) is 0 Å². The first-order chi connectivity index (χ1) is 5.84. The number of nitrogens with zero attached hydrogens (tertiary/aromatic N) is 1. The molecule has 0 atom stereocenters. The molecule has 0 radical (unpaired) electrons. The molecule has 0 aliphatic carbocycles. The Kier molecular flexibility index (Phi) is 4.26. The molecule has 13 heavy (non-hydrogen) atoms. The lowest BCUT2D eigenvalue weighted by Crippen LogP contribution is -2.29. The van der Waals surface area contributed by atoms with Gasteiger partial charge in [-0.15, -0.1) is 0 Å². The minimum Gasteiger partial charge on any atom is -0.459 e. The molecule has 0 aliphatic heterocycles. The van der Waals surface area contributed by atoms with E-state index in [0.29, 0.717) is 6.61 Å². The Bertz CT molecular complexity index is 213. The van der Waals surface area contributed by atoms with Gasteiger partial charge in [0.2, 0.25) is 0 Å². The second-order valence-corrected chi connectivity index (χ2v) is 6.51. The molecule has 0 spiro atoms. The molecule has 0 aromatic rings. The van der Waals surface area contributed by atoms with Gasteiger partial charge >= 0.3 is 5.30 Å². The van der Waals surface area contributed by atoms with E-state index in [-0.39, 0.29) is 5.24 Å². The lowest BCUT2D eigenvalue weighted by Gasteiger charge is -2.29. The Morgan fingerprint density at radius 1 is 1.31 bits per heavy atom. The van der Waals surface area contributed by atoms with Gasteiger partial charge in [-0.2, -0.15) is 0 Å². The summed E-state index contributed by atoms with van der Waals surface area (Å²) in [6.07, 6.45) is 3.29. The highest BCUT2D eigenvalue weighted by molar-refractivity contribution is 8.54. The van der Waals surface area contributed by atoms with Crippen molar-refractivity contribution in [3.8, 4) is 0 Å². The maximum Gasteiger partial charge on any atom is 0.357 e. The van der Waals surface area contributed by atoms with Gasteiger partial charge in [-0.05, 0) is 19.4 Å². The molecular weight excluding hydrogens is 190 g/mol. The first kappa shape index (κ1) is 12.3. The molecule has 0 N–H and O–H groups in total. The van der Waals surface area contributed by atoms with E-state index >= 15 is 0 Å². The first-order valence-corrected chi connectivity index (χ1v) is 6.40. The van der Waals surface area contributed by atoms with E-state index in [1.807, 2.05) is 0 Å². The van der Waals surface area contributed by atoms with Crippen LogP contribution in [0.2, 0.25) is 0 Å². The standard InChI is InChI=1S/C8H17NO3S/c1-6-12-8(11)13(4,5)7(10)9(2)3/h6H2,1-5H3. The normalized spacial score (nSPS) is 12.1. The Morgan fingerprint density at radius 3 is 2.08 bits per heavy atom. The molecule has 0 rings (SSSR count). The first-order valence-electron chi connectivity index (χ1n) is 3.95. The van der Waals surface area contributed by atoms with Crippen LogP contribution in [0.4, 0.5) is 9.59 Å². The van der Waals surface area contributed by atoms with Gasteiger partial charge in [-0.1, -0.05) is 10.0 Å². The fourth-order valence-corrected chi connectivity index (χ4v) is 2.26. The molecule has 0 bridgehead atoms. The molecule has 0 saturated carbocycles. The van der Waals surface area contributed by atoms with Crippen LogP contribution in [0.1, 0.15) is 6.92 Å². The summed E-state index contributed by atoms with van der Waals surface area (Å²) in [5.74, 6) is 0. The molecule has 0 saturated heterocycles. The highest BCUT2D eigenvalue weighted by atomic mass is 32.3. The summed E-state index contributed by atoms with van der Waals surface area (Å²) in [6, 6.07) is 0. The SMILES string of the molecule is CCOC(=O)S(C)(C)C(=O)N(C)C. The smallest absolute Gasteiger partial charge is 0.357 e. The third kappa shape index (κ3) is 2.91. The molecule has 0 aliphatic rings. The van der Waals surface area contributed by atoms with Crippen LogP contribution in [-0.4, -0.2) is 48.7 Å². The number of rotatable bonds is 1. The molecule has 5 heteroatoms. The van der Waals surface area contributed by atoms with Gasteiger partial charge in [0.15, 0.2) is 0 Å². The van der Waals surface area contributed by atoms with E-state index in [1.165, 1.54) is 4.90 Å². The Hall–Kier alpha value is -0.710. The van der Waals surface area contributed by atoms with Crippen molar-refractivity contribution in [2.75, 3.05) is 33.2 Å². The predicted octanol–water partition coefficient (Wildman–Crippen LogP) is 1.89. The Morgan fingerprint density at radius 2 is 1.77 bits per heavy atom. The van der Waals surface area contributed by atoms with Crippen LogP contribution >= 0.6 is 10.0 Å². The van der Waals surface area contributed by atoms with Crippen molar-refractivity contribution in [1.82, 2.24) is 4.90 Å². The van der Waals surface area contributed by atoms with E-state index in [4.69, 9.17) is 4.74 Å². The van der Waals surface area contributed by atoms with Crippen LogP contribution in [0.15, 0.2) is 0 Å². The molecule has 0 unspecified atom stereocenters. The third-order valence-corrected chi connectivity index (χ3v) is 3.67. The van der Waals surface area contributed by atoms with Gasteiger partial charge in [-0.3, -0.25) is 4.79 Å². The van der Waals surface area contributed by atoms with Crippen LogP contribution in [0, 0.1) is 0 Å². The van der Waals surface area contributed by atoms with Gasteiger partial charge in [0.25, 0.3) is 5.24 Å². The van der Waals surface area contributed by atoms with Crippen molar-refractivity contribution in [3.63, 3.8) is 0 Å². The average Bonchev–Trinajstić information content (AvgIpc) is 2.03. The fraction of sp³-hybridized carbons (Fsp3) is 0.750. The quantitative estimate of drug-likeness (QED) is 0.617. The van der Waals surface area contributed by atoms with Crippen LogP contribution < -0.4 is 0 Å². The average molecular weight is 207 g/mol. The number of hydrogen-bond acceptors (Lipinski definition) is 3. The summed E-state index contributed by atoms with van der Waals surface area (Å²) in [6.45, 7) is 2.05. The molecule has 0 aromatic heterocycles. The van der Waals surface area contributed by atoms with E-state index in [2.05, 4.69) is 0 Å². The van der Waals surface area contributed by atoms with E-state index in [0.717, 1.165) is 0 Å². The fourth-order valence-electron chi connectivity index (χ4n) is 0.793. The van der Waals surface area contributed by atoms with Crippen molar-refractivity contribution in [2.45, 2.75) is 6.92 Å². The molecule has 0 heterocycles. The summed E-state index contributed by atoms with van der Waals surface area (Å²) in [4.78, 5) is 24.3. The summed E-state index contributed by atoms with van der Waals surface area (Å²) >= 11 is 0. The number of hydrogen-bond donors (Lipinski definition) is 0. The lowest BCUT2D eigenvalue weighted by molar-refractivity contribution is 0.180. The highest BCUT2D eigenvalue weighted by Gasteiger charge is 2.32. The van der Waals surface area contributed by atoms with Crippen LogP contribution in [0.3, 0.4) is 0 Å². The molecule has 1 amide bonds. The van der Waals surface area contributed by atoms with Gasteiger partial charge in [0.1, 0.15) is 0 Å². The van der Waals surface area contributed by atoms with E-state index in [9.17, 15) is 9.59 Å². The largest absolute Gasteiger partial charge is 0.459 e. The summed E-state index contributed by atoms with van der Waals surface area (Å²) < 4.78 is 4.83. The Labute approximate surface area is 80.5 Å². The topological polar surface area (TPSA) is 46.6 Å². The molecule has 78 valence electrons.